The van der Waals surface area contributed by atoms with E-state index < -0.39 is 0 Å². The van der Waals surface area contributed by atoms with Gasteiger partial charge in [-0.1, -0.05) is 12.1 Å². The molecule has 0 heterocycles. The number of rotatable bonds is 7. The van der Waals surface area contributed by atoms with Gasteiger partial charge in [-0.2, -0.15) is 0 Å². The first kappa shape index (κ1) is 19.8. The van der Waals surface area contributed by atoms with Crippen molar-refractivity contribution in [2.45, 2.75) is 30.5 Å². The molecule has 2 aromatic carbocycles. The number of amides is 2. The summed E-state index contributed by atoms with van der Waals surface area (Å²) in [6.45, 7) is 3.91. The Morgan fingerprint density at radius 1 is 1.19 bits per heavy atom. The number of hydrogen-bond acceptors (Lipinski definition) is 4. The maximum atomic E-state index is 12.5. The van der Waals surface area contributed by atoms with Gasteiger partial charge in [-0.05, 0) is 48.9 Å². The van der Waals surface area contributed by atoms with Crippen molar-refractivity contribution in [2.75, 3.05) is 19.5 Å². The second kappa shape index (κ2) is 9.29. The highest BCUT2D eigenvalue weighted by atomic mass is 32.2. The van der Waals surface area contributed by atoms with Gasteiger partial charge in [-0.25, -0.2) is 0 Å². The van der Waals surface area contributed by atoms with Crippen molar-refractivity contribution in [1.82, 2.24) is 4.90 Å². The molecule has 0 aliphatic heterocycles. The minimum Gasteiger partial charge on any atom is -0.497 e. The quantitative estimate of drug-likeness (QED) is 0.751. The summed E-state index contributed by atoms with van der Waals surface area (Å²) < 4.78 is 5.14. The predicted molar refractivity (Wildman–Crippen MR) is 106 cm³/mol. The molecule has 6 heteroatoms. The molecule has 0 spiro atoms. The Morgan fingerprint density at radius 3 is 2.50 bits per heavy atom. The summed E-state index contributed by atoms with van der Waals surface area (Å²) in [5, 5.41) is 2.70. The smallest absolute Gasteiger partial charge is 0.237 e. The highest BCUT2D eigenvalue weighted by Gasteiger charge is 2.15. The van der Waals surface area contributed by atoms with Crippen LogP contribution in [0.3, 0.4) is 0 Å². The Morgan fingerprint density at radius 2 is 1.88 bits per heavy atom. The van der Waals surface area contributed by atoms with Gasteiger partial charge >= 0.3 is 0 Å². The van der Waals surface area contributed by atoms with Crippen LogP contribution in [0, 0.1) is 0 Å². The Balaban J connectivity index is 1.96. The van der Waals surface area contributed by atoms with Crippen LogP contribution in [0.2, 0.25) is 0 Å². The van der Waals surface area contributed by atoms with E-state index in [2.05, 4.69) is 5.32 Å². The van der Waals surface area contributed by atoms with Crippen molar-refractivity contribution in [3.05, 3.63) is 54.1 Å². The van der Waals surface area contributed by atoms with E-state index in [-0.39, 0.29) is 17.1 Å². The van der Waals surface area contributed by atoms with Crippen molar-refractivity contribution in [3.63, 3.8) is 0 Å². The molecule has 2 amide bonds. The van der Waals surface area contributed by atoms with Gasteiger partial charge in [-0.3, -0.25) is 9.59 Å². The maximum Gasteiger partial charge on any atom is 0.237 e. The zero-order chi connectivity index (χ0) is 19.1. The molecule has 0 saturated heterocycles. The van der Waals surface area contributed by atoms with Gasteiger partial charge in [0.2, 0.25) is 11.8 Å². The molecule has 0 saturated carbocycles. The van der Waals surface area contributed by atoms with Gasteiger partial charge in [0.05, 0.1) is 12.4 Å². The average Bonchev–Trinajstić information content (AvgIpc) is 2.62. The molecule has 0 aromatic heterocycles. The number of carbonyl (C=O) groups excluding carboxylic acids is 2. The molecule has 0 fully saturated rings. The van der Waals surface area contributed by atoms with Crippen LogP contribution in [0.4, 0.5) is 5.69 Å². The third-order valence-electron chi connectivity index (χ3n) is 3.89. The van der Waals surface area contributed by atoms with Gasteiger partial charge < -0.3 is 15.0 Å². The van der Waals surface area contributed by atoms with Crippen LogP contribution in [0.1, 0.15) is 19.4 Å². The lowest BCUT2D eigenvalue weighted by molar-refractivity contribution is -0.128. The van der Waals surface area contributed by atoms with Crippen LogP contribution in [0.5, 0.6) is 5.75 Å². The van der Waals surface area contributed by atoms with E-state index in [1.165, 1.54) is 18.7 Å². The molecule has 2 rings (SSSR count). The first-order chi connectivity index (χ1) is 12.4. The van der Waals surface area contributed by atoms with Gasteiger partial charge in [0.1, 0.15) is 5.75 Å². The van der Waals surface area contributed by atoms with Crippen molar-refractivity contribution >= 4 is 29.3 Å². The molecule has 5 nitrogen and oxygen atoms in total. The van der Waals surface area contributed by atoms with E-state index in [4.69, 9.17) is 4.74 Å². The number of thioether (sulfide) groups is 1. The number of benzene rings is 2. The summed E-state index contributed by atoms with van der Waals surface area (Å²) in [6.07, 6.45) is 0. The molecule has 1 unspecified atom stereocenters. The normalized spacial score (nSPS) is 11.5. The first-order valence-electron chi connectivity index (χ1n) is 8.31. The molecule has 0 aliphatic rings. The fourth-order valence-corrected chi connectivity index (χ4v) is 3.16. The molecular formula is C20H24N2O3S. The van der Waals surface area contributed by atoms with Crippen molar-refractivity contribution in [2.24, 2.45) is 0 Å². The number of nitrogens with one attached hydrogen (secondary N) is 1. The Hall–Kier alpha value is -2.47. The van der Waals surface area contributed by atoms with Crippen LogP contribution >= 0.6 is 11.8 Å². The minimum atomic E-state index is -0.244. The van der Waals surface area contributed by atoms with Crippen LogP contribution in [-0.2, 0) is 16.1 Å². The fourth-order valence-electron chi connectivity index (χ4n) is 2.29. The Labute approximate surface area is 158 Å². The lowest BCUT2D eigenvalue weighted by Crippen LogP contribution is -2.24. The van der Waals surface area contributed by atoms with E-state index in [0.29, 0.717) is 6.54 Å². The monoisotopic (exact) mass is 372 g/mol. The summed E-state index contributed by atoms with van der Waals surface area (Å²) >= 11 is 1.49. The van der Waals surface area contributed by atoms with Crippen molar-refractivity contribution in [3.8, 4) is 5.75 Å². The third-order valence-corrected chi connectivity index (χ3v) is 5.01. The molecule has 0 aliphatic carbocycles. The summed E-state index contributed by atoms with van der Waals surface area (Å²) in [7, 11) is 3.38. The summed E-state index contributed by atoms with van der Waals surface area (Å²) in [6, 6.07) is 15.2. The molecule has 2 aromatic rings. The second-order valence-electron chi connectivity index (χ2n) is 6.00. The zero-order valence-electron chi connectivity index (χ0n) is 15.5. The molecule has 138 valence electrons. The van der Waals surface area contributed by atoms with Crippen LogP contribution in [0.15, 0.2) is 53.4 Å². The summed E-state index contributed by atoms with van der Waals surface area (Å²) in [5.41, 5.74) is 1.70. The predicted octanol–water partition coefficient (Wildman–Crippen LogP) is 3.79. The Bertz CT molecular complexity index is 762. The lowest BCUT2D eigenvalue weighted by atomic mass is 10.2. The zero-order valence-corrected chi connectivity index (χ0v) is 16.3. The highest BCUT2D eigenvalue weighted by Crippen LogP contribution is 2.26. The van der Waals surface area contributed by atoms with E-state index in [0.717, 1.165) is 21.9 Å². The van der Waals surface area contributed by atoms with Gasteiger partial charge in [0.15, 0.2) is 0 Å². The Kier molecular flexibility index (Phi) is 7.09. The average molecular weight is 372 g/mol. The molecule has 1 atom stereocenters. The summed E-state index contributed by atoms with van der Waals surface area (Å²) in [5.74, 6) is 0.727. The minimum absolute atomic E-state index is 0.00366. The van der Waals surface area contributed by atoms with Crippen molar-refractivity contribution in [1.29, 1.82) is 0 Å². The first-order valence-corrected chi connectivity index (χ1v) is 9.19. The number of ether oxygens (including phenoxy) is 1. The van der Waals surface area contributed by atoms with Crippen LogP contribution in [0.25, 0.3) is 0 Å². The third kappa shape index (κ3) is 5.81. The number of anilines is 1. The van der Waals surface area contributed by atoms with E-state index in [1.54, 1.807) is 19.1 Å². The number of methoxy groups -OCH3 is 1. The standard InChI is InChI=1S/C20H24N2O3S/c1-14(26-19-10-8-18(25-4)9-11-19)20(24)21-17-7-5-6-16(12-17)13-22(3)15(2)23/h5-12,14H,13H2,1-4H3,(H,21,24). The molecule has 26 heavy (non-hydrogen) atoms. The maximum absolute atomic E-state index is 12.5. The largest absolute Gasteiger partial charge is 0.497 e. The van der Waals surface area contributed by atoms with Gasteiger partial charge in [-0.15, -0.1) is 11.8 Å². The van der Waals surface area contributed by atoms with Gasteiger partial charge in [0.25, 0.3) is 0 Å². The summed E-state index contributed by atoms with van der Waals surface area (Å²) in [4.78, 5) is 26.5. The van der Waals surface area contributed by atoms with E-state index in [1.807, 2.05) is 55.5 Å². The topological polar surface area (TPSA) is 58.6 Å². The fraction of sp³-hybridized carbons (Fsp3) is 0.300. The molecule has 0 radical (unpaired) electrons. The SMILES string of the molecule is COc1ccc(SC(C)C(=O)Nc2cccc(CN(C)C(C)=O)c2)cc1. The van der Waals surface area contributed by atoms with Crippen LogP contribution < -0.4 is 10.1 Å². The van der Waals surface area contributed by atoms with Crippen molar-refractivity contribution < 1.29 is 14.3 Å². The highest BCUT2D eigenvalue weighted by molar-refractivity contribution is 8.00. The molecule has 1 N–H and O–H groups in total. The van der Waals surface area contributed by atoms with E-state index in [9.17, 15) is 9.59 Å². The number of carbonyl (C=O) groups is 2. The second-order valence-corrected chi connectivity index (χ2v) is 7.41. The van der Waals surface area contributed by atoms with E-state index >= 15 is 0 Å². The van der Waals surface area contributed by atoms with Gasteiger partial charge in [0, 0.05) is 31.1 Å². The lowest BCUT2D eigenvalue weighted by Gasteiger charge is -2.16. The number of nitrogens with zero attached hydrogens (tertiary/aromatic N) is 1. The molecular weight excluding hydrogens is 348 g/mol. The molecule has 0 bridgehead atoms. The van der Waals surface area contributed by atoms with Crippen LogP contribution in [-0.4, -0.2) is 36.1 Å². The number of hydrogen-bond donors (Lipinski definition) is 1.